The molecule has 1 aromatic carbocycles. The second-order valence-electron chi connectivity index (χ2n) is 5.31. The smallest absolute Gasteiger partial charge is 0.314 e. The van der Waals surface area contributed by atoms with Gasteiger partial charge in [-0.25, -0.2) is 0 Å². The van der Waals surface area contributed by atoms with Crippen molar-refractivity contribution in [2.75, 3.05) is 26.2 Å². The van der Waals surface area contributed by atoms with Gasteiger partial charge < -0.3 is 5.32 Å². The van der Waals surface area contributed by atoms with Crippen molar-refractivity contribution in [2.45, 2.75) is 24.6 Å². The van der Waals surface area contributed by atoms with Gasteiger partial charge in [-0.3, -0.25) is 4.90 Å². The molecule has 1 N–H and O–H groups in total. The maximum absolute atomic E-state index is 13.1. The third kappa shape index (κ3) is 2.67. The molecule has 1 aromatic rings. The number of halogens is 4. The van der Waals surface area contributed by atoms with Crippen LogP contribution < -0.4 is 5.32 Å². The van der Waals surface area contributed by atoms with Crippen LogP contribution in [-0.2, 0) is 11.7 Å². The van der Waals surface area contributed by atoms with Gasteiger partial charge >= 0.3 is 6.18 Å². The highest BCUT2D eigenvalue weighted by atomic mass is 35.5. The molecule has 0 spiro atoms. The molecule has 1 aliphatic heterocycles. The standard InChI is InChI=1S/C14H17F3N2.ClH/c15-14(16,17)12-4-2-1-3-11(12)13(5-6-13)19-9-7-18-8-10-19;/h1-4,18H,5-10H2;1H. The zero-order valence-electron chi connectivity index (χ0n) is 11.0. The van der Waals surface area contributed by atoms with E-state index in [2.05, 4.69) is 10.2 Å². The van der Waals surface area contributed by atoms with E-state index in [4.69, 9.17) is 0 Å². The van der Waals surface area contributed by atoms with E-state index >= 15 is 0 Å². The number of hydrogen-bond donors (Lipinski definition) is 1. The van der Waals surface area contributed by atoms with Crippen molar-refractivity contribution in [3.63, 3.8) is 0 Å². The van der Waals surface area contributed by atoms with Gasteiger partial charge in [0.05, 0.1) is 5.56 Å². The number of piperazine rings is 1. The Morgan fingerprint density at radius 2 is 1.65 bits per heavy atom. The summed E-state index contributed by atoms with van der Waals surface area (Å²) in [6, 6.07) is 6.04. The molecular weight excluding hydrogens is 289 g/mol. The first-order valence-corrected chi connectivity index (χ1v) is 6.66. The highest BCUT2D eigenvalue weighted by molar-refractivity contribution is 5.85. The monoisotopic (exact) mass is 306 g/mol. The molecule has 0 unspecified atom stereocenters. The molecule has 3 rings (SSSR count). The molecule has 1 saturated heterocycles. The third-order valence-corrected chi connectivity index (χ3v) is 4.18. The second-order valence-corrected chi connectivity index (χ2v) is 5.31. The van der Waals surface area contributed by atoms with E-state index in [9.17, 15) is 13.2 Å². The zero-order valence-corrected chi connectivity index (χ0v) is 11.9. The van der Waals surface area contributed by atoms with E-state index in [1.165, 1.54) is 12.1 Å². The molecule has 0 amide bonds. The summed E-state index contributed by atoms with van der Waals surface area (Å²) in [4.78, 5) is 2.22. The highest BCUT2D eigenvalue weighted by Gasteiger charge is 2.52. The predicted molar refractivity (Wildman–Crippen MR) is 74.0 cm³/mol. The van der Waals surface area contributed by atoms with Crippen molar-refractivity contribution in [3.8, 4) is 0 Å². The van der Waals surface area contributed by atoms with E-state index in [0.717, 1.165) is 39.0 Å². The van der Waals surface area contributed by atoms with Gasteiger partial charge in [-0.15, -0.1) is 12.4 Å². The molecule has 2 nitrogen and oxygen atoms in total. The Labute approximate surface area is 122 Å². The summed E-state index contributed by atoms with van der Waals surface area (Å²) >= 11 is 0. The fourth-order valence-electron chi connectivity index (χ4n) is 3.10. The lowest BCUT2D eigenvalue weighted by Gasteiger charge is -2.36. The van der Waals surface area contributed by atoms with Gasteiger partial charge in [0.2, 0.25) is 0 Å². The van der Waals surface area contributed by atoms with Crippen LogP contribution in [0.2, 0.25) is 0 Å². The minimum Gasteiger partial charge on any atom is -0.314 e. The first-order valence-electron chi connectivity index (χ1n) is 6.66. The van der Waals surface area contributed by atoms with Gasteiger partial charge in [0.1, 0.15) is 0 Å². The van der Waals surface area contributed by atoms with Crippen molar-refractivity contribution < 1.29 is 13.2 Å². The number of hydrogen-bond acceptors (Lipinski definition) is 2. The molecule has 1 aliphatic carbocycles. The molecule has 2 fully saturated rings. The van der Waals surface area contributed by atoms with Crippen LogP contribution in [0.5, 0.6) is 0 Å². The lowest BCUT2D eigenvalue weighted by atomic mass is 9.96. The first-order chi connectivity index (χ1) is 9.04. The SMILES string of the molecule is Cl.FC(F)(F)c1ccccc1C1(N2CCNCC2)CC1. The number of benzene rings is 1. The van der Waals surface area contributed by atoms with E-state index in [-0.39, 0.29) is 17.9 Å². The molecule has 1 heterocycles. The molecule has 0 radical (unpaired) electrons. The summed E-state index contributed by atoms with van der Waals surface area (Å²) in [5, 5.41) is 3.25. The molecule has 6 heteroatoms. The lowest BCUT2D eigenvalue weighted by Crippen LogP contribution is -2.49. The highest BCUT2D eigenvalue weighted by Crippen LogP contribution is 2.54. The molecule has 0 atom stereocenters. The van der Waals surface area contributed by atoms with Crippen molar-refractivity contribution in [2.24, 2.45) is 0 Å². The van der Waals surface area contributed by atoms with Gasteiger partial charge in [-0.05, 0) is 24.5 Å². The fourth-order valence-corrected chi connectivity index (χ4v) is 3.10. The molecule has 1 saturated carbocycles. The van der Waals surface area contributed by atoms with Crippen molar-refractivity contribution in [1.82, 2.24) is 10.2 Å². The van der Waals surface area contributed by atoms with Crippen molar-refractivity contribution in [3.05, 3.63) is 35.4 Å². The molecule has 20 heavy (non-hydrogen) atoms. The van der Waals surface area contributed by atoms with Gasteiger partial charge in [0.25, 0.3) is 0 Å². The van der Waals surface area contributed by atoms with Crippen LogP contribution in [-0.4, -0.2) is 31.1 Å². The Balaban J connectivity index is 0.00000147. The van der Waals surface area contributed by atoms with E-state index in [0.29, 0.717) is 5.56 Å². The van der Waals surface area contributed by atoms with Gasteiger partial charge in [0, 0.05) is 31.7 Å². The van der Waals surface area contributed by atoms with Crippen LogP contribution in [0.3, 0.4) is 0 Å². The largest absolute Gasteiger partial charge is 0.416 e. The summed E-state index contributed by atoms with van der Waals surface area (Å²) in [6.07, 6.45) is -2.60. The minimum atomic E-state index is -4.26. The summed E-state index contributed by atoms with van der Waals surface area (Å²) < 4.78 is 39.4. The van der Waals surface area contributed by atoms with Crippen LogP contribution >= 0.6 is 12.4 Å². The van der Waals surface area contributed by atoms with Crippen LogP contribution in [0.15, 0.2) is 24.3 Å². The van der Waals surface area contributed by atoms with Crippen LogP contribution in [0.1, 0.15) is 24.0 Å². The molecule has 0 bridgehead atoms. The van der Waals surface area contributed by atoms with E-state index in [1.807, 2.05) is 0 Å². The minimum absolute atomic E-state index is 0. The summed E-state index contributed by atoms with van der Waals surface area (Å²) in [5.74, 6) is 0. The fraction of sp³-hybridized carbons (Fsp3) is 0.571. The average molecular weight is 307 g/mol. The van der Waals surface area contributed by atoms with Crippen LogP contribution in [0.4, 0.5) is 13.2 Å². The number of nitrogens with one attached hydrogen (secondary N) is 1. The quantitative estimate of drug-likeness (QED) is 0.903. The van der Waals surface area contributed by atoms with Gasteiger partial charge in [-0.1, -0.05) is 18.2 Å². The van der Waals surface area contributed by atoms with Crippen molar-refractivity contribution >= 4 is 12.4 Å². The zero-order chi connectivity index (χ0) is 13.5. The number of rotatable bonds is 2. The van der Waals surface area contributed by atoms with Gasteiger partial charge in [-0.2, -0.15) is 13.2 Å². The van der Waals surface area contributed by atoms with Crippen molar-refractivity contribution in [1.29, 1.82) is 0 Å². The molecule has 112 valence electrons. The molecular formula is C14H18ClF3N2. The lowest BCUT2D eigenvalue weighted by molar-refractivity contribution is -0.139. The van der Waals surface area contributed by atoms with E-state index < -0.39 is 11.7 Å². The Bertz CT molecular complexity index is 466. The average Bonchev–Trinajstić information content (AvgIpc) is 3.20. The number of nitrogens with zero attached hydrogens (tertiary/aromatic N) is 1. The second kappa shape index (κ2) is 5.54. The number of alkyl halides is 3. The summed E-state index contributed by atoms with van der Waals surface area (Å²) in [5.41, 5.74) is -0.371. The predicted octanol–water partition coefficient (Wildman–Crippen LogP) is 3.02. The first kappa shape index (κ1) is 15.6. The molecule has 0 aromatic heterocycles. The summed E-state index contributed by atoms with van der Waals surface area (Å²) in [7, 11) is 0. The molecule has 2 aliphatic rings. The van der Waals surface area contributed by atoms with Crippen LogP contribution in [0, 0.1) is 0 Å². The normalized spacial score (nSPS) is 22.1. The van der Waals surface area contributed by atoms with Gasteiger partial charge in [0.15, 0.2) is 0 Å². The maximum Gasteiger partial charge on any atom is 0.416 e. The Morgan fingerprint density at radius 1 is 1.05 bits per heavy atom. The maximum atomic E-state index is 13.1. The third-order valence-electron chi connectivity index (χ3n) is 4.18. The Morgan fingerprint density at radius 3 is 2.20 bits per heavy atom. The summed E-state index contributed by atoms with van der Waals surface area (Å²) in [6.45, 7) is 3.37. The topological polar surface area (TPSA) is 15.3 Å². The Hall–Kier alpha value is -0.780. The Kier molecular flexibility index (Phi) is 4.33. The van der Waals surface area contributed by atoms with E-state index in [1.54, 1.807) is 12.1 Å². The van der Waals surface area contributed by atoms with Crippen LogP contribution in [0.25, 0.3) is 0 Å².